The Morgan fingerprint density at radius 1 is 1.13 bits per heavy atom. The zero-order chi connectivity index (χ0) is 21.3. The van der Waals surface area contributed by atoms with Crippen molar-refractivity contribution < 1.29 is 9.59 Å². The lowest BCUT2D eigenvalue weighted by Crippen LogP contribution is -2.37. The Morgan fingerprint density at radius 3 is 2.63 bits per heavy atom. The zero-order valence-electron chi connectivity index (χ0n) is 16.9. The minimum absolute atomic E-state index is 0.00305. The Labute approximate surface area is 180 Å². The molecule has 2 aromatic carbocycles. The van der Waals surface area contributed by atoms with Crippen molar-refractivity contribution in [2.45, 2.75) is 12.8 Å². The molecule has 0 spiro atoms. The normalized spacial score (nSPS) is 14.0. The van der Waals surface area contributed by atoms with Crippen LogP contribution in [0.1, 0.15) is 33.6 Å². The van der Waals surface area contributed by atoms with E-state index in [2.05, 4.69) is 11.4 Å². The SMILES string of the molecule is CNC(=O)CN(C)C(=O)c1c2c(nc3ccccc13)/C(=C\c1ccccc1Cl)CC2. The third-order valence-corrected chi connectivity index (χ3v) is 5.74. The number of hydrogen-bond donors (Lipinski definition) is 1. The number of carbonyl (C=O) groups is 2. The van der Waals surface area contributed by atoms with Crippen molar-refractivity contribution >= 4 is 46.0 Å². The molecule has 0 atom stereocenters. The number of nitrogens with one attached hydrogen (secondary N) is 1. The van der Waals surface area contributed by atoms with Gasteiger partial charge in [-0.15, -0.1) is 0 Å². The minimum atomic E-state index is -0.208. The smallest absolute Gasteiger partial charge is 0.255 e. The fourth-order valence-electron chi connectivity index (χ4n) is 3.86. The molecule has 0 fully saturated rings. The number of aromatic nitrogens is 1. The van der Waals surface area contributed by atoms with E-state index in [9.17, 15) is 9.59 Å². The van der Waals surface area contributed by atoms with Gasteiger partial charge in [-0.3, -0.25) is 9.59 Å². The number of allylic oxidation sites excluding steroid dienone is 1. The van der Waals surface area contributed by atoms with Crippen LogP contribution in [0, 0.1) is 0 Å². The van der Waals surface area contributed by atoms with Crippen LogP contribution in [0.3, 0.4) is 0 Å². The summed E-state index contributed by atoms with van der Waals surface area (Å²) in [4.78, 5) is 31.5. The number of nitrogens with zero attached hydrogens (tertiary/aromatic N) is 2. The summed E-state index contributed by atoms with van der Waals surface area (Å²) in [6.45, 7) is 0.00305. The van der Waals surface area contributed by atoms with Gasteiger partial charge < -0.3 is 10.2 Å². The standard InChI is InChI=1S/C24H22ClN3O2/c1-26-21(29)14-28(2)24(30)22-17-8-4-6-10-20(17)27-23-16(11-12-18(22)23)13-15-7-3-5-9-19(15)25/h3-10,13H,11-12,14H2,1-2H3,(H,26,29)/b16-13-. The number of benzene rings is 2. The van der Waals surface area contributed by atoms with Gasteiger partial charge in [0.15, 0.2) is 0 Å². The van der Waals surface area contributed by atoms with Crippen LogP contribution in [-0.4, -0.2) is 42.3 Å². The molecular formula is C24H22ClN3O2. The average Bonchev–Trinajstić information content (AvgIpc) is 3.15. The lowest BCUT2D eigenvalue weighted by molar-refractivity contribution is -0.121. The second-order valence-corrected chi connectivity index (χ2v) is 7.76. The van der Waals surface area contributed by atoms with E-state index in [1.807, 2.05) is 48.5 Å². The van der Waals surface area contributed by atoms with Crippen molar-refractivity contribution in [3.05, 3.63) is 75.9 Å². The van der Waals surface area contributed by atoms with Gasteiger partial charge in [0, 0.05) is 24.5 Å². The van der Waals surface area contributed by atoms with Gasteiger partial charge in [0.2, 0.25) is 5.91 Å². The second kappa shape index (κ2) is 8.28. The molecule has 1 N–H and O–H groups in total. The molecule has 0 radical (unpaired) electrons. The molecular weight excluding hydrogens is 398 g/mol. The van der Waals surface area contributed by atoms with Crippen molar-refractivity contribution in [3.63, 3.8) is 0 Å². The number of fused-ring (bicyclic) bond motifs is 2. The summed E-state index contributed by atoms with van der Waals surface area (Å²) in [5, 5.41) is 4.06. The highest BCUT2D eigenvalue weighted by Gasteiger charge is 2.28. The molecule has 1 aromatic heterocycles. The maximum atomic E-state index is 13.4. The van der Waals surface area contributed by atoms with Gasteiger partial charge in [0.05, 0.1) is 23.3 Å². The number of carbonyl (C=O) groups excluding carboxylic acids is 2. The van der Waals surface area contributed by atoms with Crippen LogP contribution < -0.4 is 5.32 Å². The number of hydrogen-bond acceptors (Lipinski definition) is 3. The first-order chi connectivity index (χ1) is 14.5. The highest BCUT2D eigenvalue weighted by atomic mass is 35.5. The minimum Gasteiger partial charge on any atom is -0.358 e. The van der Waals surface area contributed by atoms with Crippen molar-refractivity contribution in [1.82, 2.24) is 15.2 Å². The molecule has 0 saturated heterocycles. The van der Waals surface area contributed by atoms with Crippen molar-refractivity contribution in [3.8, 4) is 0 Å². The lowest BCUT2D eigenvalue weighted by Gasteiger charge is -2.19. The topological polar surface area (TPSA) is 62.3 Å². The molecule has 152 valence electrons. The molecule has 0 bridgehead atoms. The summed E-state index contributed by atoms with van der Waals surface area (Å²) in [5.74, 6) is -0.382. The van der Waals surface area contributed by atoms with Gasteiger partial charge in [-0.1, -0.05) is 48.0 Å². The number of para-hydroxylation sites is 1. The largest absolute Gasteiger partial charge is 0.358 e. The Kier molecular flexibility index (Phi) is 5.55. The Hall–Kier alpha value is -3.18. The number of halogens is 1. The maximum absolute atomic E-state index is 13.4. The van der Waals surface area contributed by atoms with E-state index in [-0.39, 0.29) is 18.4 Å². The van der Waals surface area contributed by atoms with Crippen molar-refractivity contribution in [2.24, 2.45) is 0 Å². The first kappa shape index (κ1) is 20.1. The summed E-state index contributed by atoms with van der Waals surface area (Å²) in [6.07, 6.45) is 3.56. The molecule has 1 heterocycles. The van der Waals surface area contributed by atoms with Gasteiger partial charge in [-0.05, 0) is 47.8 Å². The summed E-state index contributed by atoms with van der Waals surface area (Å²) < 4.78 is 0. The lowest BCUT2D eigenvalue weighted by atomic mass is 9.99. The molecule has 0 unspecified atom stereocenters. The summed E-state index contributed by atoms with van der Waals surface area (Å²) in [5.41, 5.74) is 5.16. The second-order valence-electron chi connectivity index (χ2n) is 7.36. The maximum Gasteiger partial charge on any atom is 0.255 e. The fraction of sp³-hybridized carbons (Fsp3) is 0.208. The monoisotopic (exact) mass is 419 g/mol. The molecule has 1 aliphatic carbocycles. The number of rotatable bonds is 4. The number of pyridine rings is 1. The molecule has 6 heteroatoms. The highest BCUT2D eigenvalue weighted by Crippen LogP contribution is 2.38. The van der Waals surface area contributed by atoms with E-state index in [4.69, 9.17) is 16.6 Å². The number of likely N-dealkylation sites (N-methyl/N-ethyl adjacent to an activating group) is 2. The van der Waals surface area contributed by atoms with Crippen LogP contribution in [0.25, 0.3) is 22.6 Å². The van der Waals surface area contributed by atoms with Crippen LogP contribution in [0.4, 0.5) is 0 Å². The van der Waals surface area contributed by atoms with Gasteiger partial charge in [0.1, 0.15) is 0 Å². The van der Waals surface area contributed by atoms with E-state index < -0.39 is 0 Å². The van der Waals surface area contributed by atoms with Crippen LogP contribution in [0.5, 0.6) is 0 Å². The Balaban J connectivity index is 1.85. The third kappa shape index (κ3) is 3.68. The van der Waals surface area contributed by atoms with E-state index >= 15 is 0 Å². The molecule has 1 aliphatic rings. The van der Waals surface area contributed by atoms with Gasteiger partial charge >= 0.3 is 0 Å². The summed E-state index contributed by atoms with van der Waals surface area (Å²) in [6, 6.07) is 15.3. The number of amides is 2. The highest BCUT2D eigenvalue weighted by molar-refractivity contribution is 6.32. The third-order valence-electron chi connectivity index (χ3n) is 5.40. The molecule has 5 nitrogen and oxygen atoms in total. The van der Waals surface area contributed by atoms with E-state index in [1.165, 1.54) is 4.90 Å². The molecule has 2 amide bonds. The fourth-order valence-corrected chi connectivity index (χ4v) is 4.05. The molecule has 3 aromatic rings. The Bertz CT molecular complexity index is 1190. The quantitative estimate of drug-likeness (QED) is 0.689. The van der Waals surface area contributed by atoms with Crippen LogP contribution in [0.15, 0.2) is 48.5 Å². The molecule has 0 aliphatic heterocycles. The van der Waals surface area contributed by atoms with E-state index in [0.717, 1.165) is 46.1 Å². The van der Waals surface area contributed by atoms with Crippen molar-refractivity contribution in [1.29, 1.82) is 0 Å². The van der Waals surface area contributed by atoms with Crippen LogP contribution >= 0.6 is 11.6 Å². The first-order valence-corrected chi connectivity index (χ1v) is 10.2. The first-order valence-electron chi connectivity index (χ1n) is 9.82. The summed E-state index contributed by atoms with van der Waals surface area (Å²) in [7, 11) is 3.21. The average molecular weight is 420 g/mol. The molecule has 0 saturated carbocycles. The molecule has 30 heavy (non-hydrogen) atoms. The van der Waals surface area contributed by atoms with E-state index in [0.29, 0.717) is 10.6 Å². The van der Waals surface area contributed by atoms with Gasteiger partial charge in [-0.25, -0.2) is 4.98 Å². The Morgan fingerprint density at radius 2 is 1.87 bits per heavy atom. The predicted octanol–water partition coefficient (Wildman–Crippen LogP) is 4.19. The van der Waals surface area contributed by atoms with Crippen LogP contribution in [-0.2, 0) is 11.2 Å². The summed E-state index contributed by atoms with van der Waals surface area (Å²) >= 11 is 6.35. The van der Waals surface area contributed by atoms with Crippen molar-refractivity contribution in [2.75, 3.05) is 20.6 Å². The van der Waals surface area contributed by atoms with E-state index in [1.54, 1.807) is 14.1 Å². The van der Waals surface area contributed by atoms with Crippen LogP contribution in [0.2, 0.25) is 5.02 Å². The van der Waals surface area contributed by atoms with Gasteiger partial charge in [0.25, 0.3) is 5.91 Å². The van der Waals surface area contributed by atoms with Gasteiger partial charge in [-0.2, -0.15) is 0 Å². The molecule has 4 rings (SSSR count). The predicted molar refractivity (Wildman–Crippen MR) is 120 cm³/mol. The zero-order valence-corrected chi connectivity index (χ0v) is 17.7.